The average Bonchev–Trinajstić information content (AvgIpc) is 2.07. The minimum absolute atomic E-state index is 0.0671. The van der Waals surface area contributed by atoms with Crippen molar-refractivity contribution in [3.8, 4) is 11.5 Å². The van der Waals surface area contributed by atoms with Gasteiger partial charge in [0.15, 0.2) is 17.3 Å². The normalized spacial score (nSPS) is 9.50. The van der Waals surface area contributed by atoms with Crippen molar-refractivity contribution in [2.45, 2.75) is 6.92 Å². The Hall–Kier alpha value is -2.04. The van der Waals surface area contributed by atoms with Crippen LogP contribution >= 0.6 is 0 Å². The van der Waals surface area contributed by atoms with Gasteiger partial charge in [0.2, 0.25) is 0 Å². The van der Waals surface area contributed by atoms with Gasteiger partial charge in [0.25, 0.3) is 0 Å². The van der Waals surface area contributed by atoms with Gasteiger partial charge in [-0.3, -0.25) is 4.79 Å². The molecule has 5 heteroatoms. The monoisotopic (exact) mass is 195 g/mol. The van der Waals surface area contributed by atoms with Crippen molar-refractivity contribution < 1.29 is 19.4 Å². The van der Waals surface area contributed by atoms with E-state index in [1.807, 2.05) is 0 Å². The Morgan fingerprint density at radius 3 is 2.50 bits per heavy atom. The number of phenolic OH excluding ortho intramolecular Hbond substituents is 1. The van der Waals surface area contributed by atoms with Crippen LogP contribution in [0.4, 0.5) is 4.79 Å². The molecule has 0 unspecified atom stereocenters. The van der Waals surface area contributed by atoms with Crippen molar-refractivity contribution >= 4 is 11.9 Å². The number of benzene rings is 1. The van der Waals surface area contributed by atoms with Crippen LogP contribution in [0.5, 0.6) is 11.5 Å². The number of aromatic hydroxyl groups is 1. The second-order valence-corrected chi connectivity index (χ2v) is 2.66. The number of hydrogen-bond acceptors (Lipinski definition) is 4. The largest absolute Gasteiger partial charge is 0.504 e. The van der Waals surface area contributed by atoms with E-state index in [-0.39, 0.29) is 17.3 Å². The smallest absolute Gasteiger partial charge is 0.410 e. The first kappa shape index (κ1) is 10.0. The van der Waals surface area contributed by atoms with Crippen LogP contribution in [-0.2, 0) is 0 Å². The minimum Gasteiger partial charge on any atom is -0.504 e. The predicted octanol–water partition coefficient (Wildman–Crippen LogP) is 1.05. The minimum atomic E-state index is -1.02. The molecule has 0 aliphatic rings. The molecule has 0 fully saturated rings. The maximum atomic E-state index is 10.9. The van der Waals surface area contributed by atoms with E-state index in [1.54, 1.807) is 0 Å². The summed E-state index contributed by atoms with van der Waals surface area (Å²) in [6.07, 6.45) is -1.02. The van der Waals surface area contributed by atoms with E-state index < -0.39 is 6.09 Å². The molecule has 1 aromatic rings. The lowest BCUT2D eigenvalue weighted by atomic mass is 10.1. The molecule has 0 heterocycles. The number of primary amides is 1. The summed E-state index contributed by atoms with van der Waals surface area (Å²) in [5.74, 6) is -0.551. The van der Waals surface area contributed by atoms with Gasteiger partial charge in [-0.05, 0) is 25.1 Å². The highest BCUT2D eigenvalue weighted by Gasteiger charge is 2.08. The van der Waals surface area contributed by atoms with Gasteiger partial charge in [-0.25, -0.2) is 4.79 Å². The summed E-state index contributed by atoms with van der Waals surface area (Å²) in [5, 5.41) is 9.30. The van der Waals surface area contributed by atoms with Crippen LogP contribution in [0.1, 0.15) is 17.3 Å². The molecule has 1 aromatic carbocycles. The number of amides is 1. The molecule has 0 radical (unpaired) electrons. The topological polar surface area (TPSA) is 89.6 Å². The van der Waals surface area contributed by atoms with Crippen LogP contribution < -0.4 is 10.5 Å². The zero-order chi connectivity index (χ0) is 10.7. The summed E-state index contributed by atoms with van der Waals surface area (Å²) in [4.78, 5) is 21.2. The Labute approximate surface area is 80.1 Å². The van der Waals surface area contributed by atoms with Gasteiger partial charge in [0.05, 0.1) is 0 Å². The zero-order valence-corrected chi connectivity index (χ0v) is 7.48. The third-order valence-electron chi connectivity index (χ3n) is 1.58. The molecule has 74 valence electrons. The first-order valence-corrected chi connectivity index (χ1v) is 3.82. The summed E-state index contributed by atoms with van der Waals surface area (Å²) >= 11 is 0. The Morgan fingerprint density at radius 1 is 1.43 bits per heavy atom. The molecule has 0 saturated carbocycles. The predicted molar refractivity (Wildman–Crippen MR) is 48.3 cm³/mol. The van der Waals surface area contributed by atoms with Crippen molar-refractivity contribution in [3.05, 3.63) is 23.8 Å². The lowest BCUT2D eigenvalue weighted by Gasteiger charge is -2.04. The van der Waals surface area contributed by atoms with Crippen LogP contribution in [0.3, 0.4) is 0 Å². The Balaban J connectivity index is 3.01. The van der Waals surface area contributed by atoms with Crippen molar-refractivity contribution in [2.75, 3.05) is 0 Å². The Morgan fingerprint density at radius 2 is 2.07 bits per heavy atom. The maximum absolute atomic E-state index is 10.9. The first-order valence-electron chi connectivity index (χ1n) is 3.82. The molecule has 1 amide bonds. The summed E-state index contributed by atoms with van der Waals surface area (Å²) < 4.78 is 4.46. The number of ether oxygens (including phenoxy) is 1. The summed E-state index contributed by atoms with van der Waals surface area (Å²) in [6.45, 7) is 1.36. The van der Waals surface area contributed by atoms with Gasteiger partial charge in [-0.2, -0.15) is 0 Å². The molecular formula is C9H9NO4. The van der Waals surface area contributed by atoms with Crippen molar-refractivity contribution in [3.63, 3.8) is 0 Å². The third kappa shape index (κ3) is 2.22. The summed E-state index contributed by atoms with van der Waals surface area (Å²) in [5.41, 5.74) is 5.08. The van der Waals surface area contributed by atoms with Gasteiger partial charge in [0, 0.05) is 5.56 Å². The number of carbonyl (C=O) groups excluding carboxylic acids is 2. The fourth-order valence-electron chi connectivity index (χ4n) is 0.931. The molecule has 5 nitrogen and oxygen atoms in total. The molecule has 0 atom stereocenters. The second kappa shape index (κ2) is 3.78. The molecule has 0 bridgehead atoms. The van der Waals surface area contributed by atoms with E-state index in [4.69, 9.17) is 5.73 Å². The van der Waals surface area contributed by atoms with E-state index in [9.17, 15) is 14.7 Å². The van der Waals surface area contributed by atoms with Gasteiger partial charge >= 0.3 is 6.09 Å². The van der Waals surface area contributed by atoms with Gasteiger partial charge in [-0.1, -0.05) is 0 Å². The number of phenols is 1. The molecule has 0 spiro atoms. The molecule has 0 saturated heterocycles. The maximum Gasteiger partial charge on any atom is 0.410 e. The van der Waals surface area contributed by atoms with Crippen LogP contribution in [0.15, 0.2) is 18.2 Å². The highest BCUT2D eigenvalue weighted by Crippen LogP contribution is 2.26. The van der Waals surface area contributed by atoms with Gasteiger partial charge < -0.3 is 15.6 Å². The SMILES string of the molecule is CC(=O)c1ccc(OC(N)=O)c(O)c1. The van der Waals surface area contributed by atoms with Crippen LogP contribution in [0, 0.1) is 0 Å². The molecule has 14 heavy (non-hydrogen) atoms. The van der Waals surface area contributed by atoms with Crippen molar-refractivity contribution in [1.82, 2.24) is 0 Å². The molecular weight excluding hydrogens is 186 g/mol. The Kier molecular flexibility index (Phi) is 2.71. The van der Waals surface area contributed by atoms with E-state index in [0.29, 0.717) is 5.56 Å². The van der Waals surface area contributed by atoms with E-state index in [1.165, 1.54) is 25.1 Å². The van der Waals surface area contributed by atoms with Crippen molar-refractivity contribution in [1.29, 1.82) is 0 Å². The molecule has 1 rings (SSSR count). The van der Waals surface area contributed by atoms with Crippen molar-refractivity contribution in [2.24, 2.45) is 5.73 Å². The van der Waals surface area contributed by atoms with E-state index >= 15 is 0 Å². The first-order chi connectivity index (χ1) is 6.50. The molecule has 3 N–H and O–H groups in total. The number of Topliss-reactive ketones (excluding diaryl/α,β-unsaturated/α-hetero) is 1. The second-order valence-electron chi connectivity index (χ2n) is 2.66. The van der Waals surface area contributed by atoms with Gasteiger partial charge in [-0.15, -0.1) is 0 Å². The standard InChI is InChI=1S/C9H9NO4/c1-5(11)6-2-3-8(7(12)4-6)14-9(10)13/h2-4,12H,1H3,(H2,10,13). The van der Waals surface area contributed by atoms with Crippen LogP contribution in [0.25, 0.3) is 0 Å². The fraction of sp³-hybridized carbons (Fsp3) is 0.111. The Bertz CT molecular complexity index is 386. The number of hydrogen-bond donors (Lipinski definition) is 2. The molecule has 0 aliphatic carbocycles. The lowest BCUT2D eigenvalue weighted by molar-refractivity contribution is 0.101. The number of carbonyl (C=O) groups is 2. The fourth-order valence-corrected chi connectivity index (χ4v) is 0.931. The third-order valence-corrected chi connectivity index (χ3v) is 1.58. The summed E-state index contributed by atoms with van der Waals surface area (Å²) in [7, 11) is 0. The number of rotatable bonds is 2. The highest BCUT2D eigenvalue weighted by molar-refractivity contribution is 5.94. The van der Waals surface area contributed by atoms with Crippen LogP contribution in [0.2, 0.25) is 0 Å². The lowest BCUT2D eigenvalue weighted by Crippen LogP contribution is -2.16. The van der Waals surface area contributed by atoms with Gasteiger partial charge in [0.1, 0.15) is 0 Å². The van der Waals surface area contributed by atoms with Crippen LogP contribution in [-0.4, -0.2) is 17.0 Å². The summed E-state index contributed by atoms with van der Waals surface area (Å²) in [6, 6.07) is 3.94. The average molecular weight is 195 g/mol. The molecule has 0 aromatic heterocycles. The van der Waals surface area contributed by atoms with E-state index in [0.717, 1.165) is 0 Å². The number of ketones is 1. The number of nitrogens with two attached hydrogens (primary N) is 1. The zero-order valence-electron chi connectivity index (χ0n) is 7.48. The van der Waals surface area contributed by atoms with E-state index in [2.05, 4.69) is 4.74 Å². The molecule has 0 aliphatic heterocycles. The quantitative estimate of drug-likeness (QED) is 0.690. The highest BCUT2D eigenvalue weighted by atomic mass is 16.6.